The lowest BCUT2D eigenvalue weighted by atomic mass is 10.0. The predicted molar refractivity (Wildman–Crippen MR) is 63.7 cm³/mol. The molecule has 0 aromatic rings. The maximum absolute atomic E-state index is 11.8. The van der Waals surface area contributed by atoms with E-state index in [2.05, 4.69) is 19.6 Å². The van der Waals surface area contributed by atoms with Crippen LogP contribution >= 0.6 is 0 Å². The lowest BCUT2D eigenvalue weighted by molar-refractivity contribution is -0.138. The quantitative estimate of drug-likeness (QED) is 0.510. The number of hydrogen-bond acceptors (Lipinski definition) is 2. The molecule has 16 heavy (non-hydrogen) atoms. The number of nitrogens with zero attached hydrogens (tertiary/aromatic N) is 1. The number of allylic oxidation sites excluding steroid dienone is 2. The summed E-state index contributed by atoms with van der Waals surface area (Å²) < 4.78 is 0. The van der Waals surface area contributed by atoms with Crippen LogP contribution in [0.2, 0.25) is 0 Å². The first-order valence-corrected chi connectivity index (χ1v) is 5.80. The molecule has 0 saturated carbocycles. The Labute approximate surface area is 96.8 Å². The molecule has 0 aromatic carbocycles. The van der Waals surface area contributed by atoms with Crippen LogP contribution in [-0.2, 0) is 9.59 Å². The van der Waals surface area contributed by atoms with E-state index >= 15 is 0 Å². The minimum atomic E-state index is -0.152. The third-order valence-electron chi connectivity index (χ3n) is 2.69. The SMILES string of the molecule is C=CCN1C(=O)CC(C/C=C\CCC)C1=O. The summed E-state index contributed by atoms with van der Waals surface area (Å²) in [5.74, 6) is -0.273. The fourth-order valence-electron chi connectivity index (χ4n) is 1.80. The minimum Gasteiger partial charge on any atom is -0.278 e. The van der Waals surface area contributed by atoms with Crippen LogP contribution in [0.3, 0.4) is 0 Å². The molecule has 1 aliphatic heterocycles. The fraction of sp³-hybridized carbons (Fsp3) is 0.538. The Morgan fingerprint density at radius 2 is 2.19 bits per heavy atom. The summed E-state index contributed by atoms with van der Waals surface area (Å²) in [6.45, 7) is 6.00. The van der Waals surface area contributed by atoms with Crippen molar-refractivity contribution in [3.63, 3.8) is 0 Å². The van der Waals surface area contributed by atoms with Gasteiger partial charge in [0, 0.05) is 13.0 Å². The van der Waals surface area contributed by atoms with Crippen molar-refractivity contribution in [2.24, 2.45) is 5.92 Å². The van der Waals surface area contributed by atoms with Gasteiger partial charge in [0.15, 0.2) is 0 Å². The summed E-state index contributed by atoms with van der Waals surface area (Å²) in [4.78, 5) is 24.6. The van der Waals surface area contributed by atoms with Gasteiger partial charge in [-0.2, -0.15) is 0 Å². The number of imide groups is 1. The van der Waals surface area contributed by atoms with Crippen LogP contribution in [-0.4, -0.2) is 23.3 Å². The number of rotatable bonds is 6. The summed E-state index contributed by atoms with van der Waals surface area (Å²) >= 11 is 0. The number of carbonyl (C=O) groups excluding carboxylic acids is 2. The fourth-order valence-corrected chi connectivity index (χ4v) is 1.80. The largest absolute Gasteiger partial charge is 0.278 e. The van der Waals surface area contributed by atoms with E-state index in [9.17, 15) is 9.59 Å². The highest BCUT2D eigenvalue weighted by atomic mass is 16.2. The Morgan fingerprint density at radius 1 is 1.44 bits per heavy atom. The molecule has 1 heterocycles. The summed E-state index contributed by atoms with van der Waals surface area (Å²) in [7, 11) is 0. The molecule has 1 atom stereocenters. The van der Waals surface area contributed by atoms with Gasteiger partial charge in [-0.3, -0.25) is 14.5 Å². The van der Waals surface area contributed by atoms with Gasteiger partial charge in [-0.05, 0) is 12.8 Å². The van der Waals surface area contributed by atoms with E-state index in [0.717, 1.165) is 12.8 Å². The summed E-state index contributed by atoms with van der Waals surface area (Å²) in [6, 6.07) is 0. The van der Waals surface area contributed by atoms with Gasteiger partial charge in [0.05, 0.1) is 5.92 Å². The average molecular weight is 221 g/mol. The molecule has 1 saturated heterocycles. The molecule has 0 aliphatic carbocycles. The maximum atomic E-state index is 11.8. The molecule has 1 rings (SSSR count). The van der Waals surface area contributed by atoms with Crippen molar-refractivity contribution in [3.8, 4) is 0 Å². The van der Waals surface area contributed by atoms with Crippen LogP contribution < -0.4 is 0 Å². The number of hydrogen-bond donors (Lipinski definition) is 0. The molecule has 0 aromatic heterocycles. The van der Waals surface area contributed by atoms with Gasteiger partial charge in [0.2, 0.25) is 11.8 Å². The highest BCUT2D eigenvalue weighted by molar-refractivity contribution is 6.03. The highest BCUT2D eigenvalue weighted by Gasteiger charge is 2.36. The average Bonchev–Trinajstić information content (AvgIpc) is 2.53. The van der Waals surface area contributed by atoms with Crippen LogP contribution in [0.15, 0.2) is 24.8 Å². The van der Waals surface area contributed by atoms with Crippen LogP contribution in [0.25, 0.3) is 0 Å². The normalized spacial score (nSPS) is 21.1. The molecule has 3 heteroatoms. The number of amides is 2. The van der Waals surface area contributed by atoms with Gasteiger partial charge in [0.1, 0.15) is 0 Å². The van der Waals surface area contributed by atoms with Crippen LogP contribution in [0.1, 0.15) is 32.6 Å². The molecular formula is C13H19NO2. The van der Waals surface area contributed by atoms with E-state index in [-0.39, 0.29) is 17.7 Å². The van der Waals surface area contributed by atoms with Crippen molar-refractivity contribution in [2.45, 2.75) is 32.6 Å². The van der Waals surface area contributed by atoms with E-state index in [1.165, 1.54) is 4.90 Å². The molecule has 3 nitrogen and oxygen atoms in total. The second-order valence-electron chi connectivity index (χ2n) is 4.03. The van der Waals surface area contributed by atoms with Crippen molar-refractivity contribution in [1.82, 2.24) is 4.90 Å². The van der Waals surface area contributed by atoms with E-state index < -0.39 is 0 Å². The smallest absolute Gasteiger partial charge is 0.233 e. The molecule has 0 bridgehead atoms. The van der Waals surface area contributed by atoms with Gasteiger partial charge in [0.25, 0.3) is 0 Å². The zero-order valence-corrected chi connectivity index (χ0v) is 9.82. The third kappa shape index (κ3) is 3.05. The Bertz CT molecular complexity index is 307. The molecular weight excluding hydrogens is 202 g/mol. The van der Waals surface area contributed by atoms with E-state index in [4.69, 9.17) is 0 Å². The van der Waals surface area contributed by atoms with E-state index in [0.29, 0.717) is 19.4 Å². The van der Waals surface area contributed by atoms with Crippen molar-refractivity contribution in [1.29, 1.82) is 0 Å². The van der Waals surface area contributed by atoms with Crippen molar-refractivity contribution in [2.75, 3.05) is 6.54 Å². The summed E-state index contributed by atoms with van der Waals surface area (Å²) in [5, 5.41) is 0. The number of carbonyl (C=O) groups is 2. The Morgan fingerprint density at radius 3 is 2.81 bits per heavy atom. The molecule has 1 aliphatic rings. The molecule has 0 spiro atoms. The Balaban J connectivity index is 2.48. The molecule has 88 valence electrons. The van der Waals surface area contributed by atoms with Gasteiger partial charge >= 0.3 is 0 Å². The maximum Gasteiger partial charge on any atom is 0.233 e. The standard InChI is InChI=1S/C13H19NO2/c1-3-5-6-7-8-11-10-12(15)14(9-4-2)13(11)16/h4,6-7,11H,2-3,5,8-10H2,1H3/b7-6-. The second kappa shape index (κ2) is 6.26. The molecule has 2 amide bonds. The predicted octanol–water partition coefficient (Wildman–Crippen LogP) is 2.29. The van der Waals surface area contributed by atoms with Gasteiger partial charge in [-0.15, -0.1) is 6.58 Å². The molecule has 1 fully saturated rings. The lowest BCUT2D eigenvalue weighted by Gasteiger charge is -2.11. The first kappa shape index (κ1) is 12.7. The molecule has 1 unspecified atom stereocenters. The Hall–Kier alpha value is -1.38. The highest BCUT2D eigenvalue weighted by Crippen LogP contribution is 2.22. The first-order valence-electron chi connectivity index (χ1n) is 5.80. The van der Waals surface area contributed by atoms with E-state index in [1.54, 1.807) is 6.08 Å². The van der Waals surface area contributed by atoms with Crippen LogP contribution in [0.5, 0.6) is 0 Å². The Kier molecular flexibility index (Phi) is 4.96. The van der Waals surface area contributed by atoms with Gasteiger partial charge in [-0.25, -0.2) is 0 Å². The minimum absolute atomic E-state index is 0.0500. The van der Waals surface area contributed by atoms with E-state index in [1.807, 2.05) is 6.08 Å². The van der Waals surface area contributed by atoms with Crippen molar-refractivity contribution >= 4 is 11.8 Å². The summed E-state index contributed by atoms with van der Waals surface area (Å²) in [5.41, 5.74) is 0. The van der Waals surface area contributed by atoms with Gasteiger partial charge < -0.3 is 0 Å². The second-order valence-corrected chi connectivity index (χ2v) is 4.03. The van der Waals surface area contributed by atoms with Gasteiger partial charge in [-0.1, -0.05) is 31.6 Å². The topological polar surface area (TPSA) is 37.4 Å². The zero-order chi connectivity index (χ0) is 12.0. The number of likely N-dealkylation sites (tertiary alicyclic amines) is 1. The third-order valence-corrected chi connectivity index (χ3v) is 2.69. The van der Waals surface area contributed by atoms with Crippen LogP contribution in [0.4, 0.5) is 0 Å². The number of unbranched alkanes of at least 4 members (excludes halogenated alkanes) is 1. The van der Waals surface area contributed by atoms with Crippen molar-refractivity contribution < 1.29 is 9.59 Å². The summed E-state index contributed by atoms with van der Waals surface area (Å²) in [6.07, 6.45) is 8.85. The molecule has 0 radical (unpaired) electrons. The van der Waals surface area contributed by atoms with Crippen LogP contribution in [0, 0.1) is 5.92 Å². The van der Waals surface area contributed by atoms with Crippen molar-refractivity contribution in [3.05, 3.63) is 24.8 Å². The zero-order valence-electron chi connectivity index (χ0n) is 9.82. The molecule has 0 N–H and O–H groups in total. The first-order chi connectivity index (χ1) is 7.70. The monoisotopic (exact) mass is 221 g/mol. The lowest BCUT2D eigenvalue weighted by Crippen LogP contribution is -2.30.